The van der Waals surface area contributed by atoms with Crippen molar-refractivity contribution in [3.05, 3.63) is 16.0 Å². The predicted octanol–water partition coefficient (Wildman–Crippen LogP) is 4.37. The van der Waals surface area contributed by atoms with Crippen molar-refractivity contribution in [1.29, 1.82) is 0 Å². The molecule has 0 atom stereocenters. The molecule has 11 heteroatoms. The molecule has 0 bridgehead atoms. The SMILES string of the molecule is CCOC(=O)c1c(NC(=O)CSc2nnc(NC(=O)C(CC)CC)s2)sc2c1CCC2. The number of nitrogens with one attached hydrogen (secondary N) is 2. The van der Waals surface area contributed by atoms with Gasteiger partial charge in [-0.3, -0.25) is 9.59 Å². The van der Waals surface area contributed by atoms with Gasteiger partial charge in [-0.1, -0.05) is 36.9 Å². The zero-order chi connectivity index (χ0) is 22.4. The van der Waals surface area contributed by atoms with Crippen LogP contribution in [0.25, 0.3) is 0 Å². The number of amides is 2. The number of rotatable bonds is 10. The molecular formula is C20H26N4O4S3. The first kappa shape index (κ1) is 23.7. The summed E-state index contributed by atoms with van der Waals surface area (Å²) in [5.74, 6) is -0.598. The number of hydrogen-bond acceptors (Lipinski definition) is 9. The second-order valence-electron chi connectivity index (χ2n) is 6.99. The fraction of sp³-hybridized carbons (Fsp3) is 0.550. The number of aromatic nitrogens is 2. The van der Waals surface area contributed by atoms with Crippen LogP contribution in [0.2, 0.25) is 0 Å². The lowest BCUT2D eigenvalue weighted by molar-refractivity contribution is -0.120. The number of anilines is 2. The number of thioether (sulfide) groups is 1. The maximum absolute atomic E-state index is 12.5. The Kier molecular flexibility index (Phi) is 8.44. The molecule has 2 N–H and O–H groups in total. The molecule has 2 heterocycles. The Morgan fingerprint density at radius 1 is 1.10 bits per heavy atom. The van der Waals surface area contributed by atoms with E-state index in [0.717, 1.165) is 42.5 Å². The highest BCUT2D eigenvalue weighted by molar-refractivity contribution is 8.01. The molecule has 2 aromatic heterocycles. The monoisotopic (exact) mass is 482 g/mol. The number of esters is 1. The van der Waals surface area contributed by atoms with Gasteiger partial charge in [0.25, 0.3) is 0 Å². The van der Waals surface area contributed by atoms with E-state index in [4.69, 9.17) is 4.74 Å². The summed E-state index contributed by atoms with van der Waals surface area (Å²) in [5.41, 5.74) is 1.51. The van der Waals surface area contributed by atoms with Crippen molar-refractivity contribution >= 4 is 62.4 Å². The number of hydrogen-bond donors (Lipinski definition) is 2. The van der Waals surface area contributed by atoms with Crippen LogP contribution in [0.5, 0.6) is 0 Å². The van der Waals surface area contributed by atoms with Gasteiger partial charge < -0.3 is 15.4 Å². The highest BCUT2D eigenvalue weighted by atomic mass is 32.2. The summed E-state index contributed by atoms with van der Waals surface area (Å²) >= 11 is 3.94. The minimum atomic E-state index is -0.383. The number of thiophene rings is 1. The van der Waals surface area contributed by atoms with Crippen LogP contribution in [0.4, 0.5) is 10.1 Å². The number of ether oxygens (including phenoxy) is 1. The van der Waals surface area contributed by atoms with E-state index in [2.05, 4.69) is 20.8 Å². The summed E-state index contributed by atoms with van der Waals surface area (Å²) in [5, 5.41) is 14.7. The van der Waals surface area contributed by atoms with Gasteiger partial charge in [-0.25, -0.2) is 4.79 Å². The Bertz CT molecular complexity index is 952. The molecule has 1 aliphatic rings. The number of carbonyl (C=O) groups is 3. The van der Waals surface area contributed by atoms with Gasteiger partial charge in [0.1, 0.15) is 5.00 Å². The van der Waals surface area contributed by atoms with Gasteiger partial charge in [0.15, 0.2) is 4.34 Å². The summed E-state index contributed by atoms with van der Waals surface area (Å²) < 4.78 is 5.78. The van der Waals surface area contributed by atoms with E-state index in [0.29, 0.717) is 26.6 Å². The lowest BCUT2D eigenvalue weighted by atomic mass is 10.0. The first-order valence-electron chi connectivity index (χ1n) is 10.3. The largest absolute Gasteiger partial charge is 0.462 e. The van der Waals surface area contributed by atoms with Gasteiger partial charge in [-0.05, 0) is 44.6 Å². The van der Waals surface area contributed by atoms with Crippen LogP contribution in [-0.2, 0) is 27.2 Å². The molecule has 0 aromatic carbocycles. The van der Waals surface area contributed by atoms with Crippen LogP contribution in [0.1, 0.15) is 60.8 Å². The lowest BCUT2D eigenvalue weighted by Gasteiger charge is -2.09. The third kappa shape index (κ3) is 5.83. The van der Waals surface area contributed by atoms with Crippen molar-refractivity contribution in [3.8, 4) is 0 Å². The summed E-state index contributed by atoms with van der Waals surface area (Å²) in [6.45, 7) is 6.01. The molecule has 0 saturated carbocycles. The maximum atomic E-state index is 12.5. The number of fused-ring (bicyclic) bond motifs is 1. The standard InChI is InChI=1S/C20H26N4O4S3/c1-4-11(5-2)16(26)22-19-23-24-20(31-19)29-10-14(25)21-17-15(18(27)28-6-3)12-8-7-9-13(12)30-17/h11H,4-10H2,1-3H3,(H,21,25)(H,22,23,26). The molecule has 0 fully saturated rings. The van der Waals surface area contributed by atoms with E-state index >= 15 is 0 Å². The lowest BCUT2D eigenvalue weighted by Crippen LogP contribution is -2.21. The molecule has 0 aliphatic heterocycles. The summed E-state index contributed by atoms with van der Waals surface area (Å²) in [6, 6.07) is 0. The molecule has 8 nitrogen and oxygen atoms in total. The van der Waals surface area contributed by atoms with E-state index in [9.17, 15) is 14.4 Å². The Morgan fingerprint density at radius 3 is 2.58 bits per heavy atom. The number of aryl methyl sites for hydroxylation is 1. The first-order chi connectivity index (χ1) is 15.0. The second-order valence-corrected chi connectivity index (χ2v) is 10.3. The van der Waals surface area contributed by atoms with Crippen molar-refractivity contribution in [2.45, 2.75) is 57.2 Å². The summed E-state index contributed by atoms with van der Waals surface area (Å²) in [6.07, 6.45) is 4.31. The molecule has 0 unspecified atom stereocenters. The number of nitrogens with zero attached hydrogens (tertiary/aromatic N) is 2. The van der Waals surface area contributed by atoms with Crippen LogP contribution in [-0.4, -0.2) is 40.3 Å². The van der Waals surface area contributed by atoms with Crippen LogP contribution < -0.4 is 10.6 Å². The third-order valence-corrected chi connectivity index (χ3v) is 8.15. The van der Waals surface area contributed by atoms with Gasteiger partial charge in [0.2, 0.25) is 16.9 Å². The molecule has 168 valence electrons. The van der Waals surface area contributed by atoms with Crippen molar-refractivity contribution in [2.24, 2.45) is 5.92 Å². The average Bonchev–Trinajstić information content (AvgIpc) is 3.43. The fourth-order valence-electron chi connectivity index (χ4n) is 3.39. The average molecular weight is 483 g/mol. The Hall–Kier alpha value is -1.98. The van der Waals surface area contributed by atoms with Crippen LogP contribution >= 0.6 is 34.4 Å². The van der Waals surface area contributed by atoms with E-state index in [1.54, 1.807) is 6.92 Å². The van der Waals surface area contributed by atoms with Crippen molar-refractivity contribution in [2.75, 3.05) is 23.0 Å². The molecule has 1 aliphatic carbocycles. The van der Waals surface area contributed by atoms with Crippen LogP contribution in [0.15, 0.2) is 4.34 Å². The second kappa shape index (κ2) is 11.1. The van der Waals surface area contributed by atoms with Gasteiger partial charge >= 0.3 is 5.97 Å². The van der Waals surface area contributed by atoms with Gasteiger partial charge in [0, 0.05) is 10.8 Å². The smallest absolute Gasteiger partial charge is 0.341 e. The molecule has 31 heavy (non-hydrogen) atoms. The van der Waals surface area contributed by atoms with Gasteiger partial charge in [-0.15, -0.1) is 21.5 Å². The topological polar surface area (TPSA) is 110 Å². The minimum Gasteiger partial charge on any atom is -0.462 e. The fourth-order valence-corrected chi connectivity index (χ4v) is 6.24. The summed E-state index contributed by atoms with van der Waals surface area (Å²) in [7, 11) is 0. The normalized spacial score (nSPS) is 12.6. The maximum Gasteiger partial charge on any atom is 0.341 e. The van der Waals surface area contributed by atoms with Crippen molar-refractivity contribution in [3.63, 3.8) is 0 Å². The summed E-state index contributed by atoms with van der Waals surface area (Å²) in [4.78, 5) is 38.2. The van der Waals surface area contributed by atoms with Crippen molar-refractivity contribution < 1.29 is 19.1 Å². The highest BCUT2D eigenvalue weighted by Gasteiger charge is 2.28. The van der Waals surface area contributed by atoms with E-state index in [-0.39, 0.29) is 29.5 Å². The van der Waals surface area contributed by atoms with Gasteiger partial charge in [-0.2, -0.15) is 0 Å². The Labute approximate surface area is 193 Å². The molecule has 2 amide bonds. The molecule has 0 saturated heterocycles. The van der Waals surface area contributed by atoms with Crippen LogP contribution in [0.3, 0.4) is 0 Å². The van der Waals surface area contributed by atoms with Crippen molar-refractivity contribution in [1.82, 2.24) is 10.2 Å². The highest BCUT2D eigenvalue weighted by Crippen LogP contribution is 2.39. The zero-order valence-corrected chi connectivity index (χ0v) is 20.2. The third-order valence-electron chi connectivity index (χ3n) is 4.97. The van der Waals surface area contributed by atoms with Crippen LogP contribution in [0, 0.1) is 5.92 Å². The molecule has 2 aromatic rings. The quantitative estimate of drug-likeness (QED) is 0.294. The molecular weight excluding hydrogens is 456 g/mol. The molecule has 0 radical (unpaired) electrons. The van der Waals surface area contributed by atoms with E-state index in [1.165, 1.54) is 34.4 Å². The molecule has 3 rings (SSSR count). The predicted molar refractivity (Wildman–Crippen MR) is 124 cm³/mol. The zero-order valence-electron chi connectivity index (χ0n) is 17.8. The van der Waals surface area contributed by atoms with E-state index in [1.807, 2.05) is 13.8 Å². The molecule has 0 spiro atoms. The number of carbonyl (C=O) groups excluding carboxylic acids is 3. The van der Waals surface area contributed by atoms with Gasteiger partial charge in [0.05, 0.1) is 17.9 Å². The Morgan fingerprint density at radius 2 is 1.87 bits per heavy atom. The Balaban J connectivity index is 1.57. The minimum absolute atomic E-state index is 0.0493. The van der Waals surface area contributed by atoms with E-state index < -0.39 is 0 Å². The first-order valence-corrected chi connectivity index (χ1v) is 13.0.